The minimum Gasteiger partial charge on any atom is -0.790 e. The Morgan fingerprint density at radius 1 is 1.22 bits per heavy atom. The summed E-state index contributed by atoms with van der Waals surface area (Å²) in [6, 6.07) is 0. The van der Waals surface area contributed by atoms with Gasteiger partial charge in [0.2, 0.25) is 0 Å². The molecule has 0 fully saturated rings. The molecule has 0 atom stereocenters. The minimum atomic E-state index is -5.14. The fraction of sp³-hybridized carbons (Fsp3) is 0. The van der Waals surface area contributed by atoms with Gasteiger partial charge in [-0.1, -0.05) is 0 Å². The van der Waals surface area contributed by atoms with E-state index < -0.39 is 7.82 Å². The molecule has 5 nitrogen and oxygen atoms in total. The zero-order chi connectivity index (χ0) is 4.50. The summed E-state index contributed by atoms with van der Waals surface area (Å²) in [6.07, 6.45) is 0. The summed E-state index contributed by atoms with van der Waals surface area (Å²) < 4.78 is 8.66. The number of phosphoric acid groups is 1. The molecule has 0 heterocycles. The van der Waals surface area contributed by atoms with Crippen LogP contribution < -0.4 is 119 Å². The van der Waals surface area contributed by atoms with Crippen molar-refractivity contribution in [3.8, 4) is 0 Å². The van der Waals surface area contributed by atoms with E-state index in [4.69, 9.17) is 19.2 Å². The largest absolute Gasteiger partial charge is 1.00 e. The molecule has 0 spiro atoms. The fourth-order valence-electron chi connectivity index (χ4n) is 0. The van der Waals surface area contributed by atoms with Crippen LogP contribution in [0, 0.1) is 0 Å². The van der Waals surface area contributed by atoms with E-state index >= 15 is 0 Å². The van der Waals surface area contributed by atoms with Crippen LogP contribution >= 0.6 is 7.82 Å². The average molecular weight is 218 g/mol. The first-order chi connectivity index (χ1) is 2.00. The van der Waals surface area contributed by atoms with E-state index in [1.54, 1.807) is 0 Å². The minimum absolute atomic E-state index is 0. The van der Waals surface area contributed by atoms with Gasteiger partial charge in [0.1, 0.15) is 0 Å². The van der Waals surface area contributed by atoms with Crippen LogP contribution in [0.4, 0.5) is 0 Å². The van der Waals surface area contributed by atoms with Gasteiger partial charge in [-0.05, 0) is 0 Å². The van der Waals surface area contributed by atoms with E-state index in [-0.39, 0.29) is 132 Å². The maximum absolute atomic E-state index is 8.66. The second-order valence-corrected chi connectivity index (χ2v) is 1.41. The molecule has 0 saturated carbocycles. The Balaban J connectivity index is -0.0000000133. The first kappa shape index (κ1) is 29.2. The van der Waals surface area contributed by atoms with Crippen LogP contribution in [0.2, 0.25) is 0 Å². The topological polar surface area (TPSA) is 118 Å². The molecule has 0 amide bonds. The average Bonchev–Trinajstić information content (AvgIpc) is 0.722. The Kier molecular flexibility index (Phi) is 47.5. The molecule has 9 heavy (non-hydrogen) atoms. The van der Waals surface area contributed by atoms with Crippen LogP contribution in [0.15, 0.2) is 0 Å². The maximum Gasteiger partial charge on any atom is 1.00 e. The van der Waals surface area contributed by atoms with Crippen molar-refractivity contribution in [2.45, 2.75) is 0 Å². The van der Waals surface area contributed by atoms with Crippen molar-refractivity contribution >= 4 is 30.9 Å². The summed E-state index contributed by atoms with van der Waals surface area (Å²) in [5.41, 5.74) is 0. The zero-order valence-corrected chi connectivity index (χ0v) is 12.0. The van der Waals surface area contributed by atoms with Crippen molar-refractivity contribution in [1.82, 2.24) is 6.15 Å². The maximum atomic E-state index is 8.66. The molecular weight excluding hydrogens is 211 g/mol. The molecule has 0 radical (unpaired) electrons. The zero-order valence-electron chi connectivity index (χ0n) is 4.83. The quantitative estimate of drug-likeness (QED) is 0.309. The van der Waals surface area contributed by atoms with Crippen LogP contribution in [0.1, 0.15) is 0 Å². The second kappa shape index (κ2) is 14.6. The molecule has 0 bridgehead atoms. The summed E-state index contributed by atoms with van der Waals surface area (Å²) >= 11 is 0. The Labute approximate surface area is 155 Å². The first-order valence-corrected chi connectivity index (χ1v) is 2.24. The molecule has 0 unspecified atom stereocenters. The molecule has 0 aromatic rings. The van der Waals surface area contributed by atoms with Crippen molar-refractivity contribution in [3.05, 3.63) is 0 Å². The predicted octanol–water partition coefficient (Wildman–Crippen LogP) is -8.94. The van der Waals surface area contributed by atoms with Crippen LogP contribution in [-0.4, -0.2) is 27.9 Å². The Bertz CT molecular complexity index is 64.7. The van der Waals surface area contributed by atoms with Crippen LogP contribution in [0.5, 0.6) is 0 Å². The fourth-order valence-corrected chi connectivity index (χ4v) is 0. The molecule has 0 aliphatic heterocycles. The second-order valence-electron chi connectivity index (χ2n) is 0.469. The summed E-state index contributed by atoms with van der Waals surface area (Å²) in [7, 11) is -5.14. The molecule has 9 heteroatoms. The van der Waals surface area contributed by atoms with Crippen molar-refractivity contribution in [2.24, 2.45) is 0 Å². The van der Waals surface area contributed by atoms with Gasteiger partial charge in [0, 0.05) is 0 Å². The molecule has 0 rings (SSSR count). The number of hydrogen-bond donors (Lipinski definition) is 2. The molecular formula is H6K2MgNO4P. The van der Waals surface area contributed by atoms with E-state index in [1.165, 1.54) is 0 Å². The van der Waals surface area contributed by atoms with Crippen molar-refractivity contribution in [1.29, 1.82) is 0 Å². The van der Waals surface area contributed by atoms with Gasteiger partial charge < -0.3 is 25.4 Å². The van der Waals surface area contributed by atoms with Gasteiger partial charge in [-0.25, -0.2) is 0 Å². The van der Waals surface area contributed by atoms with E-state index in [1.807, 2.05) is 0 Å². The predicted molar refractivity (Wildman–Crippen MR) is 23.4 cm³/mol. The Hall–Kier alpha value is 4.11. The van der Waals surface area contributed by atoms with Gasteiger partial charge in [-0.2, -0.15) is 0 Å². The number of hydrogen-bond acceptors (Lipinski definition) is 4. The van der Waals surface area contributed by atoms with Gasteiger partial charge in [-0.3, -0.25) is 0 Å². The summed E-state index contributed by atoms with van der Waals surface area (Å²) in [5.74, 6) is 0. The standard InChI is InChI=1S/2K.Mg.H3N.H3O4P.2H/c;;;;1-5(2,3)4;;/h;;;1H3;(H3,1,2,3,4);;/q2*+1;;;;;/p-2. The van der Waals surface area contributed by atoms with E-state index in [0.29, 0.717) is 0 Å². The Morgan fingerprint density at radius 2 is 1.22 bits per heavy atom. The van der Waals surface area contributed by atoms with Gasteiger partial charge in [0.15, 0.2) is 0 Å². The summed E-state index contributed by atoms with van der Waals surface area (Å²) in [5, 5.41) is 0. The molecule has 0 aliphatic rings. The molecule has 0 aromatic heterocycles. The molecule has 44 valence electrons. The van der Waals surface area contributed by atoms with Crippen molar-refractivity contribution in [3.63, 3.8) is 0 Å². The van der Waals surface area contributed by atoms with Crippen LogP contribution in [-0.2, 0) is 4.57 Å². The van der Waals surface area contributed by atoms with E-state index in [0.717, 1.165) is 0 Å². The van der Waals surface area contributed by atoms with Gasteiger partial charge in [0.05, 0.1) is 7.82 Å². The normalized spacial score (nSPS) is 6.56. The Morgan fingerprint density at radius 3 is 1.22 bits per heavy atom. The first-order valence-electron chi connectivity index (χ1n) is 0.748. The molecule has 0 saturated heterocycles. The van der Waals surface area contributed by atoms with Gasteiger partial charge in [0.25, 0.3) is 0 Å². The monoisotopic (exact) mass is 217 g/mol. The van der Waals surface area contributed by atoms with Gasteiger partial charge >= 0.3 is 126 Å². The van der Waals surface area contributed by atoms with Gasteiger partial charge in [-0.15, -0.1) is 0 Å². The summed E-state index contributed by atoms with van der Waals surface area (Å²) in [6.45, 7) is 0. The van der Waals surface area contributed by atoms with Crippen molar-refractivity contribution < 1.29 is 122 Å². The van der Waals surface area contributed by atoms with Crippen LogP contribution in [0.3, 0.4) is 0 Å². The third-order valence-electron chi connectivity index (χ3n) is 0. The SMILES string of the molecule is N.O=P([O-])([O-])O.[K+].[K+].[MgH2]. The van der Waals surface area contributed by atoms with Crippen molar-refractivity contribution in [2.75, 3.05) is 0 Å². The smallest absolute Gasteiger partial charge is 0.790 e. The third kappa shape index (κ3) is 73.3. The van der Waals surface area contributed by atoms with E-state index in [9.17, 15) is 0 Å². The molecule has 4 N–H and O–H groups in total. The third-order valence-corrected chi connectivity index (χ3v) is 0. The molecule has 0 aliphatic carbocycles. The molecule has 0 aromatic carbocycles. The van der Waals surface area contributed by atoms with E-state index in [2.05, 4.69) is 0 Å². The number of rotatable bonds is 0. The summed E-state index contributed by atoms with van der Waals surface area (Å²) in [4.78, 5) is 24.3. The van der Waals surface area contributed by atoms with Crippen LogP contribution in [0.25, 0.3) is 0 Å².